The SMILES string of the molecule is Cc1c(N2CC[C@@H](N(C)C)C2)c(F)cn2c(=O)c(C(=O)O)cc(C3CC3)c12. The number of carboxylic acid groups (broad SMARTS) is 1. The molecule has 1 N–H and O–H groups in total. The normalized spacial score (nSPS) is 20.0. The highest BCUT2D eigenvalue weighted by molar-refractivity contribution is 5.89. The molecule has 0 spiro atoms. The fraction of sp³-hybridized carbons (Fsp3) is 0.500. The fourth-order valence-electron chi connectivity index (χ4n) is 4.26. The zero-order valence-corrected chi connectivity index (χ0v) is 15.8. The molecule has 2 aromatic heterocycles. The van der Waals surface area contributed by atoms with Gasteiger partial charge in [-0.1, -0.05) is 0 Å². The summed E-state index contributed by atoms with van der Waals surface area (Å²) in [6, 6.07) is 1.86. The number of aryl methyl sites for hydroxylation is 1. The van der Waals surface area contributed by atoms with Gasteiger partial charge < -0.3 is 14.9 Å². The maximum atomic E-state index is 15.1. The van der Waals surface area contributed by atoms with Crippen molar-refractivity contribution in [2.75, 3.05) is 32.1 Å². The average molecular weight is 373 g/mol. The lowest BCUT2D eigenvalue weighted by atomic mass is 10.0. The smallest absolute Gasteiger partial charge is 0.341 e. The molecule has 144 valence electrons. The van der Waals surface area contributed by atoms with E-state index in [-0.39, 0.29) is 11.5 Å². The number of hydrogen-bond acceptors (Lipinski definition) is 4. The molecule has 0 amide bonds. The van der Waals surface area contributed by atoms with Crippen LogP contribution in [0.1, 0.15) is 46.7 Å². The summed E-state index contributed by atoms with van der Waals surface area (Å²) in [7, 11) is 4.05. The number of hydrogen-bond donors (Lipinski definition) is 1. The van der Waals surface area contributed by atoms with Gasteiger partial charge in [-0.3, -0.25) is 9.20 Å². The third kappa shape index (κ3) is 2.90. The summed E-state index contributed by atoms with van der Waals surface area (Å²) in [5, 5.41) is 9.38. The van der Waals surface area contributed by atoms with Gasteiger partial charge in [-0.25, -0.2) is 9.18 Å². The van der Waals surface area contributed by atoms with Gasteiger partial charge in [0.05, 0.1) is 17.4 Å². The first kappa shape index (κ1) is 18.0. The van der Waals surface area contributed by atoms with Crippen molar-refractivity contribution >= 4 is 17.2 Å². The minimum absolute atomic E-state index is 0.240. The summed E-state index contributed by atoms with van der Waals surface area (Å²) in [4.78, 5) is 28.3. The maximum Gasteiger partial charge on any atom is 0.341 e. The molecule has 0 unspecified atom stereocenters. The molecule has 1 atom stereocenters. The van der Waals surface area contributed by atoms with Gasteiger partial charge in [-0.2, -0.15) is 0 Å². The first-order valence-corrected chi connectivity index (χ1v) is 9.32. The number of aromatic nitrogens is 1. The van der Waals surface area contributed by atoms with E-state index >= 15 is 4.39 Å². The molecule has 0 radical (unpaired) electrons. The third-order valence-electron chi connectivity index (χ3n) is 5.90. The van der Waals surface area contributed by atoms with E-state index in [0.29, 0.717) is 22.8 Å². The largest absolute Gasteiger partial charge is 0.477 e. The molecule has 2 aromatic rings. The molecular formula is C20H24FN3O3. The van der Waals surface area contributed by atoms with Crippen molar-refractivity contribution in [2.24, 2.45) is 0 Å². The Bertz CT molecular complexity index is 994. The highest BCUT2D eigenvalue weighted by atomic mass is 19.1. The lowest BCUT2D eigenvalue weighted by Gasteiger charge is -2.25. The van der Waals surface area contributed by atoms with Crippen LogP contribution in [0, 0.1) is 12.7 Å². The predicted molar refractivity (Wildman–Crippen MR) is 102 cm³/mol. The van der Waals surface area contributed by atoms with Gasteiger partial charge >= 0.3 is 5.97 Å². The average Bonchev–Trinajstić information content (AvgIpc) is 3.32. The lowest BCUT2D eigenvalue weighted by Crippen LogP contribution is -2.32. The van der Waals surface area contributed by atoms with E-state index in [1.165, 1.54) is 16.7 Å². The lowest BCUT2D eigenvalue weighted by molar-refractivity contribution is 0.0694. The van der Waals surface area contributed by atoms with E-state index in [1.54, 1.807) is 0 Å². The number of fused-ring (bicyclic) bond motifs is 1. The van der Waals surface area contributed by atoms with Crippen LogP contribution in [0.25, 0.3) is 5.52 Å². The minimum Gasteiger partial charge on any atom is -0.477 e. The standard InChI is InChI=1S/C20H24FN3O3/c1-11-17-14(12-4-5-12)8-15(20(26)27)19(25)24(17)10-16(21)18(11)23-7-6-13(9-23)22(2)3/h8,10,12-13H,4-7,9H2,1-3H3,(H,26,27)/t13-/m1/s1. The van der Waals surface area contributed by atoms with Crippen LogP contribution in [-0.2, 0) is 0 Å². The summed E-state index contributed by atoms with van der Waals surface area (Å²) in [6.07, 6.45) is 4.05. The van der Waals surface area contributed by atoms with E-state index < -0.39 is 17.3 Å². The van der Waals surface area contributed by atoms with Crippen LogP contribution in [0.4, 0.5) is 10.1 Å². The Hall–Kier alpha value is -2.41. The van der Waals surface area contributed by atoms with Gasteiger partial charge in [0.25, 0.3) is 5.56 Å². The summed E-state index contributed by atoms with van der Waals surface area (Å²) >= 11 is 0. The van der Waals surface area contributed by atoms with Crippen molar-refractivity contribution in [3.63, 3.8) is 0 Å². The first-order valence-electron chi connectivity index (χ1n) is 9.32. The van der Waals surface area contributed by atoms with Crippen molar-refractivity contribution in [3.05, 3.63) is 45.1 Å². The molecule has 3 heterocycles. The Morgan fingerprint density at radius 2 is 2.00 bits per heavy atom. The third-order valence-corrected chi connectivity index (χ3v) is 5.90. The molecule has 1 saturated carbocycles. The number of rotatable bonds is 4. The van der Waals surface area contributed by atoms with Gasteiger partial charge in [0, 0.05) is 19.1 Å². The van der Waals surface area contributed by atoms with Crippen LogP contribution in [0.15, 0.2) is 17.1 Å². The Morgan fingerprint density at radius 3 is 2.56 bits per heavy atom. The van der Waals surface area contributed by atoms with Crippen LogP contribution >= 0.6 is 0 Å². The molecule has 4 rings (SSSR count). The van der Waals surface area contributed by atoms with E-state index in [2.05, 4.69) is 4.90 Å². The number of nitrogens with zero attached hydrogens (tertiary/aromatic N) is 3. The zero-order valence-electron chi connectivity index (χ0n) is 15.8. The van der Waals surface area contributed by atoms with E-state index in [0.717, 1.165) is 37.9 Å². The molecule has 1 aliphatic carbocycles. The van der Waals surface area contributed by atoms with Gasteiger partial charge in [0.1, 0.15) is 5.56 Å². The molecule has 27 heavy (non-hydrogen) atoms. The van der Waals surface area contributed by atoms with Crippen molar-refractivity contribution in [1.82, 2.24) is 9.30 Å². The van der Waals surface area contributed by atoms with E-state index in [9.17, 15) is 14.7 Å². The molecule has 1 saturated heterocycles. The van der Waals surface area contributed by atoms with Crippen LogP contribution in [-0.4, -0.2) is 53.6 Å². The highest BCUT2D eigenvalue weighted by Gasteiger charge is 2.32. The minimum atomic E-state index is -1.27. The Morgan fingerprint density at radius 1 is 1.30 bits per heavy atom. The topological polar surface area (TPSA) is 65.3 Å². The molecular weight excluding hydrogens is 349 g/mol. The summed E-state index contributed by atoms with van der Waals surface area (Å²) < 4.78 is 16.3. The van der Waals surface area contributed by atoms with Crippen LogP contribution < -0.4 is 10.5 Å². The Labute approximate surface area is 156 Å². The summed E-state index contributed by atoms with van der Waals surface area (Å²) in [6.45, 7) is 3.33. The molecule has 2 fully saturated rings. The number of pyridine rings is 2. The number of likely N-dealkylation sites (N-methyl/N-ethyl adjacent to an activating group) is 1. The molecule has 6 nitrogen and oxygen atoms in total. The fourth-order valence-corrected chi connectivity index (χ4v) is 4.26. The number of halogens is 1. The van der Waals surface area contributed by atoms with Gasteiger partial charge in [0.15, 0.2) is 5.82 Å². The second-order valence-corrected chi connectivity index (χ2v) is 7.92. The Kier molecular flexibility index (Phi) is 4.22. The number of anilines is 1. The van der Waals surface area contributed by atoms with E-state index in [1.807, 2.05) is 25.9 Å². The molecule has 7 heteroatoms. The quantitative estimate of drug-likeness (QED) is 0.892. The van der Waals surface area contributed by atoms with E-state index in [4.69, 9.17) is 0 Å². The summed E-state index contributed by atoms with van der Waals surface area (Å²) in [5.41, 5.74) is 1.78. The summed E-state index contributed by atoms with van der Waals surface area (Å²) in [5.74, 6) is -1.51. The van der Waals surface area contributed by atoms with Crippen molar-refractivity contribution in [3.8, 4) is 0 Å². The number of carboxylic acids is 1. The van der Waals surface area contributed by atoms with Gasteiger partial charge in [-0.05, 0) is 63.4 Å². The molecule has 2 aliphatic rings. The van der Waals surface area contributed by atoms with Crippen molar-refractivity contribution in [2.45, 2.75) is 38.1 Å². The Balaban J connectivity index is 1.94. The number of aromatic carboxylic acids is 1. The molecule has 0 bridgehead atoms. The molecule has 1 aliphatic heterocycles. The van der Waals surface area contributed by atoms with Crippen molar-refractivity contribution < 1.29 is 14.3 Å². The van der Waals surface area contributed by atoms with Crippen LogP contribution in [0.3, 0.4) is 0 Å². The second-order valence-electron chi connectivity index (χ2n) is 7.92. The van der Waals surface area contributed by atoms with Gasteiger partial charge in [0.2, 0.25) is 0 Å². The van der Waals surface area contributed by atoms with Gasteiger partial charge in [-0.15, -0.1) is 0 Å². The second kappa shape index (κ2) is 6.34. The van der Waals surface area contributed by atoms with Crippen molar-refractivity contribution in [1.29, 1.82) is 0 Å². The number of carbonyl (C=O) groups is 1. The first-order chi connectivity index (χ1) is 12.8. The predicted octanol–water partition coefficient (Wildman–Crippen LogP) is 2.46. The zero-order chi connectivity index (χ0) is 19.5. The molecule has 0 aromatic carbocycles. The maximum absolute atomic E-state index is 15.1. The highest BCUT2D eigenvalue weighted by Crippen LogP contribution is 2.44. The van der Waals surface area contributed by atoms with Crippen LogP contribution in [0.2, 0.25) is 0 Å². The van der Waals surface area contributed by atoms with Crippen LogP contribution in [0.5, 0.6) is 0 Å². The monoisotopic (exact) mass is 373 g/mol.